The Morgan fingerprint density at radius 2 is 1.86 bits per heavy atom. The number of halogens is 2. The fraction of sp³-hybridized carbons (Fsp3) is 0.0435. The normalized spacial score (nSPS) is 10.9. The lowest BCUT2D eigenvalue weighted by Gasteiger charge is -2.08. The van der Waals surface area contributed by atoms with E-state index >= 15 is 0 Å². The van der Waals surface area contributed by atoms with Crippen LogP contribution in [0.3, 0.4) is 0 Å². The maximum Gasteiger partial charge on any atom is 0.266 e. The van der Waals surface area contributed by atoms with Crippen molar-refractivity contribution >= 4 is 45.2 Å². The van der Waals surface area contributed by atoms with Gasteiger partial charge in [0.1, 0.15) is 24.0 Å². The minimum Gasteiger partial charge on any atom is -0.489 e. The predicted molar refractivity (Wildman–Crippen MR) is 119 cm³/mol. The van der Waals surface area contributed by atoms with Crippen LogP contribution >= 0.6 is 27.5 Å². The molecule has 0 spiro atoms. The molecule has 3 rings (SSSR count). The zero-order valence-electron chi connectivity index (χ0n) is 15.2. The standard InChI is InChI=1S/C23H16BrClN2O2/c24-19-10-8-16(9-11-19)15-29-20-5-3-4-17(13-20)12-18(14-26)23(28)27-22-7-2-1-6-21(22)25/h1-13H,15H2,(H,27,28)/b18-12-. The molecule has 0 aliphatic carbocycles. The first-order chi connectivity index (χ1) is 14.0. The second-order valence-corrected chi connectivity index (χ2v) is 7.41. The summed E-state index contributed by atoms with van der Waals surface area (Å²) in [5, 5.41) is 12.5. The molecule has 3 aromatic carbocycles. The van der Waals surface area contributed by atoms with E-state index < -0.39 is 5.91 Å². The number of amides is 1. The number of carbonyl (C=O) groups excluding carboxylic acids is 1. The SMILES string of the molecule is N#C/C(=C/c1cccc(OCc2ccc(Br)cc2)c1)C(=O)Nc1ccccc1Cl. The lowest BCUT2D eigenvalue weighted by molar-refractivity contribution is -0.112. The minimum absolute atomic E-state index is 0.0324. The molecule has 1 amide bonds. The molecule has 0 aliphatic rings. The Morgan fingerprint density at radius 1 is 1.10 bits per heavy atom. The second kappa shape index (κ2) is 9.92. The minimum atomic E-state index is -0.526. The van der Waals surface area contributed by atoms with E-state index in [1.165, 1.54) is 6.08 Å². The van der Waals surface area contributed by atoms with Gasteiger partial charge in [-0.05, 0) is 53.6 Å². The smallest absolute Gasteiger partial charge is 0.266 e. The van der Waals surface area contributed by atoms with Gasteiger partial charge in [0, 0.05) is 4.47 Å². The van der Waals surface area contributed by atoms with Crippen LogP contribution < -0.4 is 10.1 Å². The number of para-hydroxylation sites is 1. The van der Waals surface area contributed by atoms with E-state index in [-0.39, 0.29) is 5.57 Å². The third kappa shape index (κ3) is 5.95. The Kier molecular flexibility index (Phi) is 7.07. The molecule has 29 heavy (non-hydrogen) atoms. The zero-order valence-corrected chi connectivity index (χ0v) is 17.6. The van der Waals surface area contributed by atoms with Crippen LogP contribution in [0.15, 0.2) is 82.8 Å². The van der Waals surface area contributed by atoms with Crippen LogP contribution in [0.2, 0.25) is 5.02 Å². The number of nitriles is 1. The molecule has 0 bridgehead atoms. The average Bonchev–Trinajstić information content (AvgIpc) is 2.73. The molecule has 0 radical (unpaired) electrons. The molecule has 0 unspecified atom stereocenters. The van der Waals surface area contributed by atoms with E-state index in [0.717, 1.165) is 10.0 Å². The molecular formula is C23H16BrClN2O2. The van der Waals surface area contributed by atoms with Crippen molar-refractivity contribution in [1.82, 2.24) is 0 Å². The molecule has 0 saturated carbocycles. The highest BCUT2D eigenvalue weighted by Crippen LogP contribution is 2.22. The fourth-order valence-electron chi connectivity index (χ4n) is 2.51. The van der Waals surface area contributed by atoms with Crippen LogP contribution in [-0.2, 0) is 11.4 Å². The van der Waals surface area contributed by atoms with Gasteiger partial charge >= 0.3 is 0 Å². The largest absolute Gasteiger partial charge is 0.489 e. The highest BCUT2D eigenvalue weighted by Gasteiger charge is 2.11. The van der Waals surface area contributed by atoms with Crippen molar-refractivity contribution in [3.63, 3.8) is 0 Å². The lowest BCUT2D eigenvalue weighted by atomic mass is 10.1. The summed E-state index contributed by atoms with van der Waals surface area (Å²) in [5.41, 5.74) is 2.14. The molecule has 0 fully saturated rings. The zero-order chi connectivity index (χ0) is 20.6. The van der Waals surface area contributed by atoms with Crippen molar-refractivity contribution in [3.05, 3.63) is 99.0 Å². The molecule has 0 aromatic heterocycles. The van der Waals surface area contributed by atoms with Crippen molar-refractivity contribution in [2.45, 2.75) is 6.61 Å². The number of carbonyl (C=O) groups is 1. The number of benzene rings is 3. The summed E-state index contributed by atoms with van der Waals surface area (Å²) in [5.74, 6) is 0.118. The van der Waals surface area contributed by atoms with E-state index in [0.29, 0.717) is 28.6 Å². The van der Waals surface area contributed by atoms with Gasteiger partial charge in [0.2, 0.25) is 0 Å². The molecule has 0 aliphatic heterocycles. The molecule has 144 valence electrons. The summed E-state index contributed by atoms with van der Waals surface area (Å²) in [6.45, 7) is 0.415. The summed E-state index contributed by atoms with van der Waals surface area (Å²) >= 11 is 9.46. The first-order valence-corrected chi connectivity index (χ1v) is 9.87. The van der Waals surface area contributed by atoms with Gasteiger partial charge in [-0.25, -0.2) is 0 Å². The number of nitrogens with zero attached hydrogens (tertiary/aromatic N) is 1. The van der Waals surface area contributed by atoms with E-state index in [9.17, 15) is 10.1 Å². The van der Waals surface area contributed by atoms with Crippen LogP contribution in [0.5, 0.6) is 5.75 Å². The Balaban J connectivity index is 1.71. The molecule has 3 aromatic rings. The molecule has 6 heteroatoms. The van der Waals surface area contributed by atoms with Gasteiger partial charge in [0.15, 0.2) is 0 Å². The van der Waals surface area contributed by atoms with Gasteiger partial charge in [-0.15, -0.1) is 0 Å². The first kappa shape index (κ1) is 20.7. The van der Waals surface area contributed by atoms with Crippen LogP contribution in [0, 0.1) is 11.3 Å². The van der Waals surface area contributed by atoms with E-state index in [4.69, 9.17) is 16.3 Å². The number of hydrogen-bond donors (Lipinski definition) is 1. The quantitative estimate of drug-likeness (QED) is 0.345. The van der Waals surface area contributed by atoms with Crippen LogP contribution in [-0.4, -0.2) is 5.91 Å². The van der Waals surface area contributed by atoms with Gasteiger partial charge in [0.05, 0.1) is 10.7 Å². The van der Waals surface area contributed by atoms with E-state index in [1.54, 1.807) is 36.4 Å². The van der Waals surface area contributed by atoms with Crippen LogP contribution in [0.25, 0.3) is 6.08 Å². The summed E-state index contributed by atoms with van der Waals surface area (Å²) in [4.78, 5) is 12.4. The molecule has 4 nitrogen and oxygen atoms in total. The molecule has 0 heterocycles. The summed E-state index contributed by atoms with van der Waals surface area (Å²) in [7, 11) is 0. The van der Waals surface area contributed by atoms with Crippen molar-refractivity contribution in [2.24, 2.45) is 0 Å². The van der Waals surface area contributed by atoms with Crippen molar-refractivity contribution in [3.8, 4) is 11.8 Å². The highest BCUT2D eigenvalue weighted by atomic mass is 79.9. The fourth-order valence-corrected chi connectivity index (χ4v) is 2.96. The van der Waals surface area contributed by atoms with Gasteiger partial charge < -0.3 is 10.1 Å². The highest BCUT2D eigenvalue weighted by molar-refractivity contribution is 9.10. The molecular weight excluding hydrogens is 452 g/mol. The van der Waals surface area contributed by atoms with Crippen LogP contribution in [0.1, 0.15) is 11.1 Å². The van der Waals surface area contributed by atoms with E-state index in [2.05, 4.69) is 21.2 Å². The number of hydrogen-bond acceptors (Lipinski definition) is 3. The number of ether oxygens (including phenoxy) is 1. The van der Waals surface area contributed by atoms with Crippen LogP contribution in [0.4, 0.5) is 5.69 Å². The van der Waals surface area contributed by atoms with Gasteiger partial charge in [0.25, 0.3) is 5.91 Å². The summed E-state index contributed by atoms with van der Waals surface area (Å²) in [6.07, 6.45) is 1.51. The third-order valence-corrected chi connectivity index (χ3v) is 4.83. The third-order valence-electron chi connectivity index (χ3n) is 3.97. The second-order valence-electron chi connectivity index (χ2n) is 6.09. The number of nitrogens with one attached hydrogen (secondary N) is 1. The number of anilines is 1. The van der Waals surface area contributed by atoms with Crippen molar-refractivity contribution in [2.75, 3.05) is 5.32 Å². The number of rotatable bonds is 6. The van der Waals surface area contributed by atoms with Gasteiger partial charge in [-0.1, -0.05) is 63.9 Å². The molecule has 0 saturated heterocycles. The Labute approximate surface area is 182 Å². The Hall–Kier alpha value is -3.07. The summed E-state index contributed by atoms with van der Waals surface area (Å²) < 4.78 is 6.82. The monoisotopic (exact) mass is 466 g/mol. The van der Waals surface area contributed by atoms with E-state index in [1.807, 2.05) is 42.5 Å². The topological polar surface area (TPSA) is 62.1 Å². The summed E-state index contributed by atoms with van der Waals surface area (Å²) in [6, 6.07) is 23.8. The van der Waals surface area contributed by atoms with Crippen molar-refractivity contribution in [1.29, 1.82) is 5.26 Å². The average molecular weight is 468 g/mol. The Morgan fingerprint density at radius 3 is 2.59 bits per heavy atom. The van der Waals surface area contributed by atoms with Gasteiger partial charge in [-0.3, -0.25) is 4.79 Å². The van der Waals surface area contributed by atoms with Crippen molar-refractivity contribution < 1.29 is 9.53 Å². The lowest BCUT2D eigenvalue weighted by Crippen LogP contribution is -2.13. The maximum absolute atomic E-state index is 12.4. The molecule has 1 N–H and O–H groups in total. The molecule has 0 atom stereocenters. The first-order valence-electron chi connectivity index (χ1n) is 8.70. The van der Waals surface area contributed by atoms with Gasteiger partial charge in [-0.2, -0.15) is 5.26 Å². The maximum atomic E-state index is 12.4. The predicted octanol–water partition coefficient (Wildman–Crippen LogP) is 6.23. The Bertz CT molecular complexity index is 1090.